The zero-order valence-corrected chi connectivity index (χ0v) is 12.6. The summed E-state index contributed by atoms with van der Waals surface area (Å²) in [5.41, 5.74) is 8.17. The minimum absolute atomic E-state index is 0.0451. The van der Waals surface area contributed by atoms with Crippen molar-refractivity contribution in [3.05, 3.63) is 65.5 Å². The summed E-state index contributed by atoms with van der Waals surface area (Å²) in [5.74, 6) is 0.0451. The summed E-state index contributed by atoms with van der Waals surface area (Å²) in [5, 5.41) is 0. The molecule has 5 heteroatoms. The molecule has 21 heavy (non-hydrogen) atoms. The van der Waals surface area contributed by atoms with Crippen LogP contribution < -0.4 is 5.73 Å². The Morgan fingerprint density at radius 3 is 2.52 bits per heavy atom. The number of hydrogen-bond acceptors (Lipinski definition) is 3. The Hall–Kier alpha value is -2.27. The Bertz CT molecular complexity index is 626. The van der Waals surface area contributed by atoms with E-state index in [1.807, 2.05) is 42.5 Å². The molecule has 1 amide bonds. The van der Waals surface area contributed by atoms with E-state index in [2.05, 4.69) is 4.98 Å². The van der Waals surface area contributed by atoms with E-state index in [0.717, 1.165) is 16.8 Å². The number of carbonyl (C=O) groups is 1. The van der Waals surface area contributed by atoms with Crippen molar-refractivity contribution in [2.45, 2.75) is 13.0 Å². The number of thiocarbonyl (C=S) groups is 1. The number of hydrogen-bond donors (Lipinski definition) is 1. The lowest BCUT2D eigenvalue weighted by molar-refractivity contribution is -0.129. The molecule has 0 bridgehead atoms. The predicted molar refractivity (Wildman–Crippen MR) is 86.7 cm³/mol. The highest BCUT2D eigenvalue weighted by Crippen LogP contribution is 2.08. The van der Waals surface area contributed by atoms with Gasteiger partial charge in [0.2, 0.25) is 5.91 Å². The van der Waals surface area contributed by atoms with Gasteiger partial charge in [0.05, 0.1) is 18.7 Å². The zero-order chi connectivity index (χ0) is 15.2. The molecule has 0 saturated carbocycles. The number of benzene rings is 1. The van der Waals surface area contributed by atoms with Gasteiger partial charge in [0.25, 0.3) is 0 Å². The topological polar surface area (TPSA) is 59.2 Å². The summed E-state index contributed by atoms with van der Waals surface area (Å²) in [4.78, 5) is 18.4. The summed E-state index contributed by atoms with van der Waals surface area (Å²) in [6, 6.07) is 13.1. The van der Waals surface area contributed by atoms with Crippen LogP contribution in [0.1, 0.15) is 16.8 Å². The fourth-order valence-corrected chi connectivity index (χ4v) is 2.06. The average Bonchev–Trinajstić information content (AvgIpc) is 2.48. The molecule has 2 aromatic rings. The van der Waals surface area contributed by atoms with Gasteiger partial charge in [-0.15, -0.1) is 0 Å². The Balaban J connectivity index is 1.95. The third-order valence-electron chi connectivity index (χ3n) is 3.14. The first-order chi connectivity index (χ1) is 10.1. The maximum atomic E-state index is 12.2. The number of likely N-dealkylation sites (N-methyl/N-ethyl adjacent to an activating group) is 1. The SMILES string of the molecule is CN(Cc1ccccn1)C(=O)Cc1ccc(C(N)=S)cc1. The molecule has 1 aromatic heterocycles. The van der Waals surface area contributed by atoms with Gasteiger partial charge in [0, 0.05) is 18.8 Å². The molecule has 1 heterocycles. The van der Waals surface area contributed by atoms with E-state index >= 15 is 0 Å². The van der Waals surface area contributed by atoms with Crippen LogP contribution in [0.3, 0.4) is 0 Å². The van der Waals surface area contributed by atoms with Gasteiger partial charge in [-0.3, -0.25) is 9.78 Å². The first kappa shape index (κ1) is 15.1. The number of aromatic nitrogens is 1. The molecule has 0 radical (unpaired) electrons. The van der Waals surface area contributed by atoms with Crippen LogP contribution in [0.2, 0.25) is 0 Å². The summed E-state index contributed by atoms with van der Waals surface area (Å²) in [6.07, 6.45) is 2.07. The van der Waals surface area contributed by atoms with Crippen molar-refractivity contribution in [1.29, 1.82) is 0 Å². The van der Waals surface area contributed by atoms with Crippen LogP contribution in [0.15, 0.2) is 48.7 Å². The minimum atomic E-state index is 0.0451. The summed E-state index contributed by atoms with van der Waals surface area (Å²) in [7, 11) is 1.78. The third-order valence-corrected chi connectivity index (χ3v) is 3.38. The van der Waals surface area contributed by atoms with Gasteiger partial charge < -0.3 is 10.6 Å². The van der Waals surface area contributed by atoms with Crippen molar-refractivity contribution in [3.8, 4) is 0 Å². The van der Waals surface area contributed by atoms with E-state index in [0.29, 0.717) is 18.0 Å². The number of nitrogens with two attached hydrogens (primary N) is 1. The lowest BCUT2D eigenvalue weighted by atomic mass is 10.1. The second-order valence-electron chi connectivity index (χ2n) is 4.81. The van der Waals surface area contributed by atoms with Gasteiger partial charge in [0.15, 0.2) is 0 Å². The molecule has 0 aliphatic rings. The van der Waals surface area contributed by atoms with Crippen molar-refractivity contribution in [2.75, 3.05) is 7.05 Å². The predicted octanol–water partition coefficient (Wildman–Crippen LogP) is 1.92. The van der Waals surface area contributed by atoms with Crippen molar-refractivity contribution in [3.63, 3.8) is 0 Å². The van der Waals surface area contributed by atoms with Gasteiger partial charge >= 0.3 is 0 Å². The normalized spacial score (nSPS) is 10.1. The second-order valence-corrected chi connectivity index (χ2v) is 5.25. The van der Waals surface area contributed by atoms with E-state index < -0.39 is 0 Å². The van der Waals surface area contributed by atoms with Crippen LogP contribution >= 0.6 is 12.2 Å². The van der Waals surface area contributed by atoms with Gasteiger partial charge in [-0.25, -0.2) is 0 Å². The fourth-order valence-electron chi connectivity index (χ4n) is 1.92. The van der Waals surface area contributed by atoms with Crippen molar-refractivity contribution >= 4 is 23.1 Å². The highest BCUT2D eigenvalue weighted by molar-refractivity contribution is 7.80. The molecule has 0 fully saturated rings. The minimum Gasteiger partial charge on any atom is -0.389 e. The Morgan fingerprint density at radius 2 is 1.95 bits per heavy atom. The molecular weight excluding hydrogens is 282 g/mol. The maximum Gasteiger partial charge on any atom is 0.227 e. The molecule has 108 valence electrons. The van der Waals surface area contributed by atoms with E-state index in [9.17, 15) is 4.79 Å². The molecule has 0 saturated heterocycles. The van der Waals surface area contributed by atoms with E-state index in [1.54, 1.807) is 18.1 Å². The second kappa shape index (κ2) is 6.95. The van der Waals surface area contributed by atoms with Crippen LogP contribution in [-0.4, -0.2) is 27.8 Å². The number of rotatable bonds is 5. The molecule has 0 atom stereocenters. The molecular formula is C16H17N3OS. The zero-order valence-electron chi connectivity index (χ0n) is 11.8. The summed E-state index contributed by atoms with van der Waals surface area (Å²) >= 11 is 4.90. The number of carbonyl (C=O) groups excluding carboxylic acids is 1. The Labute approximate surface area is 129 Å². The summed E-state index contributed by atoms with van der Waals surface area (Å²) < 4.78 is 0. The lowest BCUT2D eigenvalue weighted by Crippen LogP contribution is -2.28. The number of nitrogens with zero attached hydrogens (tertiary/aromatic N) is 2. The standard InChI is InChI=1S/C16H17N3OS/c1-19(11-14-4-2-3-9-18-14)15(20)10-12-5-7-13(8-6-12)16(17)21/h2-9H,10-11H2,1H3,(H2,17,21). The third kappa shape index (κ3) is 4.36. The molecule has 4 nitrogen and oxygen atoms in total. The average molecular weight is 299 g/mol. The fraction of sp³-hybridized carbons (Fsp3) is 0.188. The molecule has 1 aromatic carbocycles. The largest absolute Gasteiger partial charge is 0.389 e. The number of amides is 1. The van der Waals surface area contributed by atoms with Crippen LogP contribution in [-0.2, 0) is 17.8 Å². The van der Waals surface area contributed by atoms with Crippen LogP contribution in [0.25, 0.3) is 0 Å². The monoisotopic (exact) mass is 299 g/mol. The highest BCUT2D eigenvalue weighted by Gasteiger charge is 2.10. The van der Waals surface area contributed by atoms with Gasteiger partial charge in [0.1, 0.15) is 4.99 Å². The molecule has 2 N–H and O–H groups in total. The Kier molecular flexibility index (Phi) is 5.00. The molecule has 0 unspecified atom stereocenters. The molecule has 0 aliphatic heterocycles. The first-order valence-electron chi connectivity index (χ1n) is 6.59. The smallest absolute Gasteiger partial charge is 0.227 e. The van der Waals surface area contributed by atoms with Crippen LogP contribution in [0, 0.1) is 0 Å². The van der Waals surface area contributed by atoms with Gasteiger partial charge in [-0.2, -0.15) is 0 Å². The summed E-state index contributed by atoms with van der Waals surface area (Å²) in [6.45, 7) is 0.505. The van der Waals surface area contributed by atoms with E-state index in [1.165, 1.54) is 0 Å². The van der Waals surface area contributed by atoms with Crippen molar-refractivity contribution < 1.29 is 4.79 Å². The van der Waals surface area contributed by atoms with Crippen LogP contribution in [0.4, 0.5) is 0 Å². The maximum absolute atomic E-state index is 12.2. The molecule has 2 rings (SSSR count). The first-order valence-corrected chi connectivity index (χ1v) is 6.99. The van der Waals surface area contributed by atoms with Crippen molar-refractivity contribution in [1.82, 2.24) is 9.88 Å². The highest BCUT2D eigenvalue weighted by atomic mass is 32.1. The van der Waals surface area contributed by atoms with Gasteiger partial charge in [-0.1, -0.05) is 42.5 Å². The molecule has 0 aliphatic carbocycles. The molecule has 0 spiro atoms. The number of pyridine rings is 1. The quantitative estimate of drug-likeness (QED) is 0.857. The van der Waals surface area contributed by atoms with E-state index in [4.69, 9.17) is 18.0 Å². The van der Waals surface area contributed by atoms with Crippen LogP contribution in [0.5, 0.6) is 0 Å². The van der Waals surface area contributed by atoms with Crippen molar-refractivity contribution in [2.24, 2.45) is 5.73 Å². The Morgan fingerprint density at radius 1 is 1.24 bits per heavy atom. The van der Waals surface area contributed by atoms with Gasteiger partial charge in [-0.05, 0) is 17.7 Å². The lowest BCUT2D eigenvalue weighted by Gasteiger charge is -2.16. The van der Waals surface area contributed by atoms with E-state index in [-0.39, 0.29) is 5.91 Å².